The molecule has 1 N–H and O–H groups in total. The first-order chi connectivity index (χ1) is 14.0. The van der Waals surface area contributed by atoms with Crippen LogP contribution in [0.5, 0.6) is 5.75 Å². The van der Waals surface area contributed by atoms with Gasteiger partial charge >= 0.3 is 0 Å². The minimum Gasteiger partial charge on any atom is -0.492 e. The van der Waals surface area contributed by atoms with Crippen LogP contribution in [0.2, 0.25) is 0 Å². The molecule has 0 aliphatic carbocycles. The maximum atomic E-state index is 12.4. The highest BCUT2D eigenvalue weighted by Crippen LogP contribution is 2.15. The summed E-state index contributed by atoms with van der Waals surface area (Å²) in [6.45, 7) is 5.93. The largest absolute Gasteiger partial charge is 0.492 e. The van der Waals surface area contributed by atoms with Crippen LogP contribution in [0.3, 0.4) is 0 Å². The quantitative estimate of drug-likeness (QED) is 0.479. The van der Waals surface area contributed by atoms with Crippen molar-refractivity contribution in [2.24, 2.45) is 0 Å². The molecule has 0 aromatic heterocycles. The predicted octanol–water partition coefficient (Wildman–Crippen LogP) is 0.667. The lowest BCUT2D eigenvalue weighted by molar-refractivity contribution is -0.132. The maximum absolute atomic E-state index is 12.4. The number of carbonyl (C=O) groups is 2. The van der Waals surface area contributed by atoms with E-state index in [2.05, 4.69) is 31.0 Å². The average Bonchev–Trinajstić information content (AvgIpc) is 2.71. The second kappa shape index (κ2) is 12.8. The number of ether oxygens (including phenoxy) is 2. The van der Waals surface area contributed by atoms with Gasteiger partial charge in [-0.1, -0.05) is 15.9 Å². The highest BCUT2D eigenvalue weighted by atomic mass is 79.9. The summed E-state index contributed by atoms with van der Waals surface area (Å²) >= 11 is 3.39. The van der Waals surface area contributed by atoms with Crippen molar-refractivity contribution >= 4 is 27.7 Å². The summed E-state index contributed by atoms with van der Waals surface area (Å²) in [7, 11) is 3.41. The average molecular weight is 471 g/mol. The molecule has 1 heterocycles. The van der Waals surface area contributed by atoms with Gasteiger partial charge in [-0.25, -0.2) is 0 Å². The third kappa shape index (κ3) is 9.12. The van der Waals surface area contributed by atoms with Crippen molar-refractivity contribution in [2.75, 3.05) is 79.7 Å². The van der Waals surface area contributed by atoms with Crippen molar-refractivity contribution in [3.63, 3.8) is 0 Å². The molecular formula is C20H31BrN4O4. The van der Waals surface area contributed by atoms with Gasteiger partial charge in [0.2, 0.25) is 11.8 Å². The number of amides is 2. The second-order valence-corrected chi connectivity index (χ2v) is 7.93. The third-order valence-corrected chi connectivity index (χ3v) is 5.28. The van der Waals surface area contributed by atoms with E-state index in [1.807, 2.05) is 24.3 Å². The molecule has 0 radical (unpaired) electrons. The smallest absolute Gasteiger partial charge is 0.236 e. The van der Waals surface area contributed by atoms with Gasteiger partial charge in [-0.2, -0.15) is 0 Å². The van der Waals surface area contributed by atoms with E-state index in [0.29, 0.717) is 39.4 Å². The Hall–Kier alpha value is -1.68. The third-order valence-electron chi connectivity index (χ3n) is 4.75. The zero-order chi connectivity index (χ0) is 21.1. The Morgan fingerprint density at radius 3 is 2.31 bits per heavy atom. The first-order valence-electron chi connectivity index (χ1n) is 9.80. The van der Waals surface area contributed by atoms with Crippen LogP contribution in [0, 0.1) is 0 Å². The lowest BCUT2D eigenvalue weighted by atomic mass is 10.3. The van der Waals surface area contributed by atoms with Gasteiger partial charge in [0.25, 0.3) is 0 Å². The molecular weight excluding hydrogens is 440 g/mol. The molecule has 0 unspecified atom stereocenters. The molecule has 1 aliphatic rings. The minimum atomic E-state index is 0.0112. The van der Waals surface area contributed by atoms with Gasteiger partial charge in [-0.3, -0.25) is 19.4 Å². The van der Waals surface area contributed by atoms with Crippen LogP contribution in [0.1, 0.15) is 0 Å². The van der Waals surface area contributed by atoms with Gasteiger partial charge in [0.05, 0.1) is 26.2 Å². The lowest BCUT2D eigenvalue weighted by Gasteiger charge is -2.34. The standard InChI is InChI=1S/C20H31BrN4O4/c1-23(12-14-29-18-5-3-17(21)4-6-18)20(27)16-25-10-8-24(9-11-25)15-19(26)22-7-13-28-2/h3-6H,7-16H2,1-2H3,(H,22,26). The van der Waals surface area contributed by atoms with Gasteiger partial charge in [0.15, 0.2) is 0 Å². The van der Waals surface area contributed by atoms with E-state index in [1.165, 1.54) is 0 Å². The zero-order valence-electron chi connectivity index (χ0n) is 17.2. The Bertz CT molecular complexity index is 636. The summed E-state index contributed by atoms with van der Waals surface area (Å²) in [6, 6.07) is 7.63. The van der Waals surface area contributed by atoms with Crippen molar-refractivity contribution in [2.45, 2.75) is 0 Å². The summed E-state index contributed by atoms with van der Waals surface area (Å²) in [5.74, 6) is 0.878. The van der Waals surface area contributed by atoms with Crippen molar-refractivity contribution < 1.29 is 19.1 Å². The predicted molar refractivity (Wildman–Crippen MR) is 115 cm³/mol. The van der Waals surface area contributed by atoms with E-state index in [1.54, 1.807) is 19.1 Å². The molecule has 1 saturated heterocycles. The maximum Gasteiger partial charge on any atom is 0.236 e. The number of halogens is 1. The van der Waals surface area contributed by atoms with E-state index in [0.717, 1.165) is 36.4 Å². The van der Waals surface area contributed by atoms with E-state index in [9.17, 15) is 9.59 Å². The molecule has 0 saturated carbocycles. The molecule has 9 heteroatoms. The number of carbonyl (C=O) groups excluding carboxylic acids is 2. The molecule has 29 heavy (non-hydrogen) atoms. The molecule has 8 nitrogen and oxygen atoms in total. The molecule has 2 rings (SSSR count). The van der Waals surface area contributed by atoms with E-state index < -0.39 is 0 Å². The number of likely N-dealkylation sites (N-methyl/N-ethyl adjacent to an activating group) is 1. The van der Waals surface area contributed by atoms with Crippen LogP contribution in [0.15, 0.2) is 28.7 Å². The van der Waals surface area contributed by atoms with Gasteiger partial charge in [-0.05, 0) is 24.3 Å². The lowest BCUT2D eigenvalue weighted by Crippen LogP contribution is -2.52. The summed E-state index contributed by atoms with van der Waals surface area (Å²) < 4.78 is 11.6. The normalized spacial score (nSPS) is 15.1. The topological polar surface area (TPSA) is 74.4 Å². The fraction of sp³-hybridized carbons (Fsp3) is 0.600. The van der Waals surface area contributed by atoms with Crippen molar-refractivity contribution in [1.82, 2.24) is 20.0 Å². The van der Waals surface area contributed by atoms with Crippen LogP contribution >= 0.6 is 15.9 Å². The number of nitrogens with one attached hydrogen (secondary N) is 1. The first-order valence-corrected chi connectivity index (χ1v) is 10.6. The first kappa shape index (κ1) is 23.6. The molecule has 0 atom stereocenters. The van der Waals surface area contributed by atoms with Crippen molar-refractivity contribution in [3.05, 3.63) is 28.7 Å². The minimum absolute atomic E-state index is 0.0112. The molecule has 2 amide bonds. The molecule has 1 aromatic carbocycles. The highest BCUT2D eigenvalue weighted by molar-refractivity contribution is 9.10. The second-order valence-electron chi connectivity index (χ2n) is 7.01. The number of nitrogens with zero attached hydrogens (tertiary/aromatic N) is 3. The zero-order valence-corrected chi connectivity index (χ0v) is 18.8. The fourth-order valence-corrected chi connectivity index (χ4v) is 3.19. The van der Waals surface area contributed by atoms with E-state index in [4.69, 9.17) is 9.47 Å². The molecule has 1 fully saturated rings. The summed E-state index contributed by atoms with van der Waals surface area (Å²) in [5.41, 5.74) is 0. The molecule has 0 bridgehead atoms. The van der Waals surface area contributed by atoms with Crippen molar-refractivity contribution in [3.8, 4) is 5.75 Å². The van der Waals surface area contributed by atoms with Crippen LogP contribution in [0.25, 0.3) is 0 Å². The van der Waals surface area contributed by atoms with Crippen molar-refractivity contribution in [1.29, 1.82) is 0 Å². The Kier molecular flexibility index (Phi) is 10.4. The van der Waals surface area contributed by atoms with Crippen LogP contribution in [0.4, 0.5) is 0 Å². The summed E-state index contributed by atoms with van der Waals surface area (Å²) in [6.07, 6.45) is 0. The Labute approximate surface area is 181 Å². The number of benzene rings is 1. The number of piperazine rings is 1. The van der Waals surface area contributed by atoms with Gasteiger partial charge in [-0.15, -0.1) is 0 Å². The van der Waals surface area contributed by atoms with Gasteiger partial charge < -0.3 is 19.7 Å². The molecule has 0 spiro atoms. The van der Waals surface area contributed by atoms with Gasteiger partial charge in [0, 0.05) is 51.4 Å². The van der Waals surface area contributed by atoms with E-state index >= 15 is 0 Å². The molecule has 162 valence electrons. The summed E-state index contributed by atoms with van der Waals surface area (Å²) in [5, 5.41) is 2.83. The number of rotatable bonds is 11. The summed E-state index contributed by atoms with van der Waals surface area (Å²) in [4.78, 5) is 30.2. The number of methoxy groups -OCH3 is 1. The monoisotopic (exact) mass is 470 g/mol. The SMILES string of the molecule is COCCNC(=O)CN1CCN(CC(=O)N(C)CCOc2ccc(Br)cc2)CC1. The molecule has 1 aliphatic heterocycles. The van der Waals surface area contributed by atoms with Crippen LogP contribution < -0.4 is 10.1 Å². The van der Waals surface area contributed by atoms with Gasteiger partial charge in [0.1, 0.15) is 12.4 Å². The van der Waals surface area contributed by atoms with Crippen LogP contribution in [-0.4, -0.2) is 106 Å². The Balaban J connectivity index is 1.60. The Morgan fingerprint density at radius 1 is 1.07 bits per heavy atom. The number of hydrogen-bond donors (Lipinski definition) is 1. The highest BCUT2D eigenvalue weighted by Gasteiger charge is 2.21. The number of hydrogen-bond acceptors (Lipinski definition) is 6. The Morgan fingerprint density at radius 2 is 1.69 bits per heavy atom. The fourth-order valence-electron chi connectivity index (χ4n) is 2.92. The van der Waals surface area contributed by atoms with Crippen LogP contribution in [-0.2, 0) is 14.3 Å². The molecule has 1 aromatic rings. The van der Waals surface area contributed by atoms with E-state index in [-0.39, 0.29) is 11.8 Å².